The van der Waals surface area contributed by atoms with Gasteiger partial charge in [0.1, 0.15) is 12.3 Å². The quantitative estimate of drug-likeness (QED) is 0.177. The third-order valence-corrected chi connectivity index (χ3v) is 7.09. The van der Waals surface area contributed by atoms with Gasteiger partial charge in [0.2, 0.25) is 0 Å². The highest BCUT2D eigenvalue weighted by Gasteiger charge is 2.23. The van der Waals surface area contributed by atoms with E-state index in [4.69, 9.17) is 32.2 Å². The first kappa shape index (κ1) is 28.0. The Balaban J connectivity index is 2.09. The van der Waals surface area contributed by atoms with Crippen molar-refractivity contribution in [2.75, 3.05) is 43.6 Å². The SMILES string of the molecule is C#CCN(c1ccc(N(CC(=O)OC)Sc2ccc(OC)c(Cl)c2)c2ccccc12)C(C)CC(=O)OC. The molecule has 37 heavy (non-hydrogen) atoms. The smallest absolute Gasteiger partial charge is 0.326 e. The van der Waals surface area contributed by atoms with Gasteiger partial charge in [-0.3, -0.25) is 9.59 Å². The monoisotopic (exact) mass is 540 g/mol. The van der Waals surface area contributed by atoms with Crippen LogP contribution in [0.5, 0.6) is 5.75 Å². The number of fused-ring (bicyclic) bond motifs is 1. The van der Waals surface area contributed by atoms with Gasteiger partial charge in [0.25, 0.3) is 0 Å². The van der Waals surface area contributed by atoms with Gasteiger partial charge >= 0.3 is 11.9 Å². The molecule has 7 nitrogen and oxygen atoms in total. The fourth-order valence-corrected chi connectivity index (χ4v) is 5.23. The summed E-state index contributed by atoms with van der Waals surface area (Å²) in [5.41, 5.74) is 1.69. The van der Waals surface area contributed by atoms with Gasteiger partial charge in [-0.05, 0) is 49.2 Å². The predicted molar refractivity (Wildman–Crippen MR) is 149 cm³/mol. The first-order chi connectivity index (χ1) is 17.8. The zero-order valence-electron chi connectivity index (χ0n) is 21.2. The van der Waals surface area contributed by atoms with Gasteiger partial charge in [0.15, 0.2) is 0 Å². The molecule has 3 aromatic rings. The second kappa shape index (κ2) is 13.1. The van der Waals surface area contributed by atoms with E-state index in [1.165, 1.54) is 26.2 Å². The average Bonchev–Trinajstić information content (AvgIpc) is 2.90. The van der Waals surface area contributed by atoms with E-state index < -0.39 is 0 Å². The Morgan fingerprint density at radius 2 is 1.65 bits per heavy atom. The Hall–Kier alpha value is -3.54. The van der Waals surface area contributed by atoms with E-state index in [0.29, 0.717) is 17.3 Å². The number of benzene rings is 3. The number of hydrogen-bond donors (Lipinski definition) is 0. The zero-order valence-corrected chi connectivity index (χ0v) is 22.8. The number of nitrogens with zero attached hydrogens (tertiary/aromatic N) is 2. The number of methoxy groups -OCH3 is 3. The summed E-state index contributed by atoms with van der Waals surface area (Å²) in [6.07, 6.45) is 5.88. The molecule has 0 saturated carbocycles. The lowest BCUT2D eigenvalue weighted by Crippen LogP contribution is -2.35. The van der Waals surface area contributed by atoms with Crippen LogP contribution >= 0.6 is 23.5 Å². The van der Waals surface area contributed by atoms with E-state index >= 15 is 0 Å². The molecule has 0 radical (unpaired) electrons. The Morgan fingerprint density at radius 3 is 2.24 bits per heavy atom. The average molecular weight is 541 g/mol. The maximum Gasteiger partial charge on any atom is 0.326 e. The molecular weight excluding hydrogens is 512 g/mol. The van der Waals surface area contributed by atoms with Crippen molar-refractivity contribution >= 4 is 57.6 Å². The van der Waals surface area contributed by atoms with Crippen LogP contribution in [-0.2, 0) is 19.1 Å². The molecule has 3 rings (SSSR count). The van der Waals surface area contributed by atoms with E-state index in [1.807, 2.05) is 58.6 Å². The lowest BCUT2D eigenvalue weighted by Gasteiger charge is -2.31. The van der Waals surface area contributed by atoms with Crippen molar-refractivity contribution < 1.29 is 23.8 Å². The highest BCUT2D eigenvalue weighted by atomic mass is 35.5. The minimum absolute atomic E-state index is 0.000961. The van der Waals surface area contributed by atoms with Crippen LogP contribution in [0.15, 0.2) is 59.5 Å². The molecular formula is C28H29ClN2O5S. The molecule has 0 aromatic heterocycles. The second-order valence-corrected chi connectivity index (χ2v) is 9.61. The molecule has 1 unspecified atom stereocenters. The van der Waals surface area contributed by atoms with Crippen molar-refractivity contribution in [2.24, 2.45) is 0 Å². The largest absolute Gasteiger partial charge is 0.495 e. The van der Waals surface area contributed by atoms with Crippen LogP contribution in [0.1, 0.15) is 13.3 Å². The molecule has 3 aromatic carbocycles. The van der Waals surface area contributed by atoms with E-state index in [1.54, 1.807) is 19.2 Å². The molecule has 1 atom stereocenters. The summed E-state index contributed by atoms with van der Waals surface area (Å²) in [6.45, 7) is 2.25. The second-order valence-electron chi connectivity index (χ2n) is 8.11. The molecule has 0 heterocycles. The lowest BCUT2D eigenvalue weighted by atomic mass is 10.0. The summed E-state index contributed by atoms with van der Waals surface area (Å²) < 4.78 is 17.0. The normalized spacial score (nSPS) is 11.4. The Morgan fingerprint density at radius 1 is 1.00 bits per heavy atom. The summed E-state index contributed by atoms with van der Waals surface area (Å²) in [6, 6.07) is 17.0. The van der Waals surface area contributed by atoms with Crippen LogP contribution in [0, 0.1) is 12.3 Å². The van der Waals surface area contributed by atoms with Gasteiger partial charge in [-0.25, -0.2) is 0 Å². The zero-order chi connectivity index (χ0) is 26.9. The molecule has 0 amide bonds. The first-order valence-electron chi connectivity index (χ1n) is 11.5. The minimum atomic E-state index is -0.388. The van der Waals surface area contributed by atoms with Crippen molar-refractivity contribution in [3.63, 3.8) is 0 Å². The third kappa shape index (κ3) is 6.82. The Bertz CT molecular complexity index is 1310. The van der Waals surface area contributed by atoms with E-state index in [2.05, 4.69) is 5.92 Å². The first-order valence-corrected chi connectivity index (χ1v) is 12.6. The van der Waals surface area contributed by atoms with Crippen LogP contribution < -0.4 is 13.9 Å². The molecule has 9 heteroatoms. The molecule has 0 saturated heterocycles. The van der Waals surface area contributed by atoms with Crippen molar-refractivity contribution in [1.82, 2.24) is 0 Å². The maximum absolute atomic E-state index is 12.4. The van der Waals surface area contributed by atoms with Crippen molar-refractivity contribution in [3.8, 4) is 18.1 Å². The highest BCUT2D eigenvalue weighted by molar-refractivity contribution is 8.00. The number of carbonyl (C=O) groups excluding carboxylic acids is 2. The van der Waals surface area contributed by atoms with Crippen LogP contribution in [0.25, 0.3) is 10.8 Å². The highest BCUT2D eigenvalue weighted by Crippen LogP contribution is 2.40. The standard InChI is InChI=1S/C28H29ClN2O5S/c1-6-15-30(19(2)16-27(32)35-4)24-12-13-25(22-10-8-7-9-21(22)24)31(18-28(33)36-5)37-20-11-14-26(34-3)23(29)17-20/h1,7-14,17,19H,15-16,18H2,2-5H3. The summed E-state index contributed by atoms with van der Waals surface area (Å²) >= 11 is 7.71. The Kier molecular flexibility index (Phi) is 9.95. The molecule has 0 N–H and O–H groups in total. The number of terminal acetylenes is 1. The molecule has 0 aliphatic rings. The summed E-state index contributed by atoms with van der Waals surface area (Å²) in [5, 5.41) is 2.30. The van der Waals surface area contributed by atoms with E-state index in [9.17, 15) is 9.59 Å². The number of ether oxygens (including phenoxy) is 3. The van der Waals surface area contributed by atoms with Crippen molar-refractivity contribution in [3.05, 3.63) is 59.6 Å². The third-order valence-electron chi connectivity index (χ3n) is 5.78. The van der Waals surface area contributed by atoms with Crippen LogP contribution in [0.4, 0.5) is 11.4 Å². The summed E-state index contributed by atoms with van der Waals surface area (Å²) in [7, 11) is 4.28. The van der Waals surface area contributed by atoms with Crippen molar-refractivity contribution in [1.29, 1.82) is 0 Å². The molecule has 0 aliphatic heterocycles. The molecule has 0 aliphatic carbocycles. The molecule has 0 fully saturated rings. The molecule has 194 valence electrons. The number of hydrogen-bond acceptors (Lipinski definition) is 8. The van der Waals surface area contributed by atoms with Gasteiger partial charge in [0.05, 0.1) is 45.0 Å². The fraction of sp³-hybridized carbons (Fsp3) is 0.286. The number of carbonyl (C=O) groups is 2. The van der Waals surface area contributed by atoms with Crippen LogP contribution in [-0.4, -0.2) is 52.4 Å². The van der Waals surface area contributed by atoms with Gasteiger partial charge in [-0.1, -0.05) is 41.8 Å². The molecule has 0 spiro atoms. The van der Waals surface area contributed by atoms with Crippen LogP contribution in [0.2, 0.25) is 5.02 Å². The number of anilines is 2. The number of halogens is 1. The molecule has 0 bridgehead atoms. The van der Waals surface area contributed by atoms with Crippen LogP contribution in [0.3, 0.4) is 0 Å². The number of esters is 2. The maximum atomic E-state index is 12.4. The lowest BCUT2D eigenvalue weighted by molar-refractivity contribution is -0.141. The Labute approximate surface area is 226 Å². The van der Waals surface area contributed by atoms with E-state index in [0.717, 1.165) is 27.0 Å². The predicted octanol–water partition coefficient (Wildman–Crippen LogP) is 5.58. The van der Waals surface area contributed by atoms with Gasteiger partial charge < -0.3 is 23.4 Å². The minimum Gasteiger partial charge on any atom is -0.495 e. The van der Waals surface area contributed by atoms with Gasteiger partial charge in [-0.2, -0.15) is 0 Å². The summed E-state index contributed by atoms with van der Waals surface area (Å²) in [5.74, 6) is 2.56. The number of rotatable bonds is 11. The summed E-state index contributed by atoms with van der Waals surface area (Å²) in [4.78, 5) is 27.2. The van der Waals surface area contributed by atoms with E-state index in [-0.39, 0.29) is 30.9 Å². The van der Waals surface area contributed by atoms with Gasteiger partial charge in [-0.15, -0.1) is 6.42 Å². The fourth-order valence-electron chi connectivity index (χ4n) is 3.93. The van der Waals surface area contributed by atoms with Crippen molar-refractivity contribution in [2.45, 2.75) is 24.3 Å². The topological polar surface area (TPSA) is 68.3 Å². The van der Waals surface area contributed by atoms with Gasteiger partial charge in [0, 0.05) is 27.4 Å².